The molecule has 3 nitrogen and oxygen atoms in total. The molecule has 0 bridgehead atoms. The predicted molar refractivity (Wildman–Crippen MR) is 68.7 cm³/mol. The van der Waals surface area contributed by atoms with Crippen LogP contribution in [0.15, 0.2) is 18.2 Å². The Hall–Kier alpha value is -1.35. The van der Waals surface area contributed by atoms with Gasteiger partial charge in [-0.2, -0.15) is 0 Å². The number of rotatable bonds is 3. The third-order valence-corrected chi connectivity index (χ3v) is 3.37. The van der Waals surface area contributed by atoms with Gasteiger partial charge in [0.15, 0.2) is 0 Å². The van der Waals surface area contributed by atoms with E-state index >= 15 is 0 Å². The Bertz CT molecular complexity index is 426. The number of nitrogens with zero attached hydrogens (tertiary/aromatic N) is 1. The minimum Gasteiger partial charge on any atom is -0.369 e. The minimum atomic E-state index is -0.243. The topological polar surface area (TPSA) is 46.3 Å². The summed E-state index contributed by atoms with van der Waals surface area (Å²) in [5, 5.41) is 0. The Labute approximate surface area is 103 Å². The van der Waals surface area contributed by atoms with Crippen molar-refractivity contribution in [1.29, 1.82) is 0 Å². The molecule has 0 fully saturated rings. The summed E-state index contributed by atoms with van der Waals surface area (Å²) in [5.41, 5.74) is 9.38. The first kappa shape index (κ1) is 12.1. The highest BCUT2D eigenvalue weighted by atomic mass is 16.1. The number of benzene rings is 1. The molecule has 1 heterocycles. The van der Waals surface area contributed by atoms with E-state index in [-0.39, 0.29) is 5.91 Å². The fourth-order valence-electron chi connectivity index (χ4n) is 2.35. The van der Waals surface area contributed by atoms with E-state index in [0.29, 0.717) is 12.5 Å². The number of primary amides is 1. The van der Waals surface area contributed by atoms with Crippen LogP contribution in [-0.4, -0.2) is 23.9 Å². The molecule has 0 atom stereocenters. The standard InChI is InChI=1S/C14H20N2O/c1-10(2)11-3-4-13-8-16(9-14(15)17)6-5-12(13)7-11/h3-4,7,10H,5-6,8-9H2,1-2H3,(H2,15,17). The summed E-state index contributed by atoms with van der Waals surface area (Å²) < 4.78 is 0. The molecule has 92 valence electrons. The predicted octanol–water partition coefficient (Wildman–Crippen LogP) is 1.65. The van der Waals surface area contributed by atoms with Crippen LogP contribution in [0.5, 0.6) is 0 Å². The summed E-state index contributed by atoms with van der Waals surface area (Å²) in [4.78, 5) is 13.0. The minimum absolute atomic E-state index is 0.243. The first-order valence-electron chi connectivity index (χ1n) is 6.18. The summed E-state index contributed by atoms with van der Waals surface area (Å²) in [6, 6.07) is 6.69. The zero-order valence-electron chi connectivity index (χ0n) is 10.6. The van der Waals surface area contributed by atoms with Crippen molar-refractivity contribution in [3.8, 4) is 0 Å². The molecule has 0 saturated heterocycles. The lowest BCUT2D eigenvalue weighted by Gasteiger charge is -2.28. The highest BCUT2D eigenvalue weighted by Crippen LogP contribution is 2.23. The third-order valence-electron chi connectivity index (χ3n) is 3.37. The zero-order chi connectivity index (χ0) is 12.4. The van der Waals surface area contributed by atoms with E-state index in [1.165, 1.54) is 16.7 Å². The lowest BCUT2D eigenvalue weighted by Crippen LogP contribution is -2.37. The van der Waals surface area contributed by atoms with E-state index in [1.807, 2.05) is 0 Å². The summed E-state index contributed by atoms with van der Waals surface area (Å²) >= 11 is 0. The van der Waals surface area contributed by atoms with Gasteiger partial charge in [0.2, 0.25) is 5.91 Å². The zero-order valence-corrected chi connectivity index (χ0v) is 10.6. The number of fused-ring (bicyclic) bond motifs is 1. The van der Waals surface area contributed by atoms with E-state index in [1.54, 1.807) is 0 Å². The smallest absolute Gasteiger partial charge is 0.231 e. The second-order valence-electron chi connectivity index (χ2n) is 5.11. The number of carbonyl (C=O) groups excluding carboxylic acids is 1. The summed E-state index contributed by atoms with van der Waals surface area (Å²) in [6.45, 7) is 6.56. The van der Waals surface area contributed by atoms with Gasteiger partial charge in [-0.3, -0.25) is 9.69 Å². The lowest BCUT2D eigenvalue weighted by molar-refractivity contribution is -0.119. The number of hydrogen-bond donors (Lipinski definition) is 1. The van der Waals surface area contributed by atoms with Crippen LogP contribution in [0, 0.1) is 0 Å². The Morgan fingerprint density at radius 2 is 2.18 bits per heavy atom. The largest absolute Gasteiger partial charge is 0.369 e. The first-order chi connectivity index (χ1) is 8.06. The van der Waals surface area contributed by atoms with Crippen LogP contribution in [0.2, 0.25) is 0 Å². The van der Waals surface area contributed by atoms with Crippen molar-refractivity contribution in [2.24, 2.45) is 5.73 Å². The fraction of sp³-hybridized carbons (Fsp3) is 0.500. The van der Waals surface area contributed by atoms with E-state index in [9.17, 15) is 4.79 Å². The molecule has 1 amide bonds. The van der Waals surface area contributed by atoms with Gasteiger partial charge in [0.25, 0.3) is 0 Å². The van der Waals surface area contributed by atoms with Crippen LogP contribution in [-0.2, 0) is 17.8 Å². The van der Waals surface area contributed by atoms with Gasteiger partial charge < -0.3 is 5.73 Å². The maximum atomic E-state index is 10.9. The Morgan fingerprint density at radius 3 is 2.82 bits per heavy atom. The molecule has 0 aromatic heterocycles. The third kappa shape index (κ3) is 2.86. The number of hydrogen-bond acceptors (Lipinski definition) is 2. The van der Waals surface area contributed by atoms with Crippen LogP contribution in [0.25, 0.3) is 0 Å². The second-order valence-corrected chi connectivity index (χ2v) is 5.11. The van der Waals surface area contributed by atoms with Crippen molar-refractivity contribution in [1.82, 2.24) is 4.90 Å². The van der Waals surface area contributed by atoms with Gasteiger partial charge in [-0.25, -0.2) is 0 Å². The molecule has 0 spiro atoms. The molecular weight excluding hydrogens is 212 g/mol. The van der Waals surface area contributed by atoms with Crippen LogP contribution in [0.1, 0.15) is 36.5 Å². The lowest BCUT2D eigenvalue weighted by atomic mass is 9.93. The van der Waals surface area contributed by atoms with Gasteiger partial charge in [-0.1, -0.05) is 32.0 Å². The molecule has 3 heteroatoms. The van der Waals surface area contributed by atoms with Crippen LogP contribution >= 0.6 is 0 Å². The molecule has 0 aliphatic carbocycles. The molecule has 2 N–H and O–H groups in total. The van der Waals surface area contributed by atoms with Gasteiger partial charge in [0.1, 0.15) is 0 Å². The van der Waals surface area contributed by atoms with Crippen molar-refractivity contribution >= 4 is 5.91 Å². The number of carbonyl (C=O) groups is 1. The Kier molecular flexibility index (Phi) is 3.48. The number of amides is 1. The SMILES string of the molecule is CC(C)c1ccc2c(c1)CCN(CC(N)=O)C2. The van der Waals surface area contributed by atoms with E-state index in [0.717, 1.165) is 19.5 Å². The van der Waals surface area contributed by atoms with Crippen LogP contribution in [0.3, 0.4) is 0 Å². The van der Waals surface area contributed by atoms with Crippen molar-refractivity contribution in [3.63, 3.8) is 0 Å². The maximum absolute atomic E-state index is 10.9. The molecule has 1 aliphatic rings. The molecule has 0 saturated carbocycles. The molecule has 0 unspecified atom stereocenters. The average molecular weight is 232 g/mol. The molecule has 1 aromatic carbocycles. The number of nitrogens with two attached hydrogens (primary N) is 1. The molecule has 1 aliphatic heterocycles. The van der Waals surface area contributed by atoms with Crippen molar-refractivity contribution in [2.75, 3.05) is 13.1 Å². The highest BCUT2D eigenvalue weighted by Gasteiger charge is 2.17. The second kappa shape index (κ2) is 4.88. The molecule has 17 heavy (non-hydrogen) atoms. The Morgan fingerprint density at radius 1 is 1.41 bits per heavy atom. The monoisotopic (exact) mass is 232 g/mol. The quantitative estimate of drug-likeness (QED) is 0.861. The highest BCUT2D eigenvalue weighted by molar-refractivity contribution is 5.75. The van der Waals surface area contributed by atoms with E-state index in [2.05, 4.69) is 36.9 Å². The maximum Gasteiger partial charge on any atom is 0.231 e. The summed E-state index contributed by atoms with van der Waals surface area (Å²) in [5.74, 6) is 0.330. The van der Waals surface area contributed by atoms with Gasteiger partial charge in [-0.15, -0.1) is 0 Å². The van der Waals surface area contributed by atoms with Crippen LogP contribution < -0.4 is 5.73 Å². The van der Waals surface area contributed by atoms with Gasteiger partial charge in [-0.05, 0) is 29.0 Å². The fourth-order valence-corrected chi connectivity index (χ4v) is 2.35. The molecule has 1 aromatic rings. The molecular formula is C14H20N2O. The van der Waals surface area contributed by atoms with Gasteiger partial charge in [0.05, 0.1) is 6.54 Å². The average Bonchev–Trinajstić information content (AvgIpc) is 2.27. The van der Waals surface area contributed by atoms with Gasteiger partial charge >= 0.3 is 0 Å². The van der Waals surface area contributed by atoms with Crippen molar-refractivity contribution in [3.05, 3.63) is 34.9 Å². The van der Waals surface area contributed by atoms with E-state index < -0.39 is 0 Å². The summed E-state index contributed by atoms with van der Waals surface area (Å²) in [6.07, 6.45) is 1.02. The normalized spacial score (nSPS) is 15.9. The summed E-state index contributed by atoms with van der Waals surface area (Å²) in [7, 11) is 0. The van der Waals surface area contributed by atoms with Crippen LogP contribution in [0.4, 0.5) is 0 Å². The molecule has 2 rings (SSSR count). The van der Waals surface area contributed by atoms with Crippen molar-refractivity contribution < 1.29 is 4.79 Å². The Balaban J connectivity index is 2.14. The van der Waals surface area contributed by atoms with Crippen molar-refractivity contribution in [2.45, 2.75) is 32.7 Å². The first-order valence-corrected chi connectivity index (χ1v) is 6.18. The molecule has 0 radical (unpaired) electrons. The van der Waals surface area contributed by atoms with Gasteiger partial charge in [0, 0.05) is 13.1 Å². The van der Waals surface area contributed by atoms with E-state index in [4.69, 9.17) is 5.73 Å².